The lowest BCUT2D eigenvalue weighted by molar-refractivity contribution is 0.328. The van der Waals surface area contributed by atoms with Crippen molar-refractivity contribution in [2.45, 2.75) is 57.8 Å². The fourth-order valence-electron chi connectivity index (χ4n) is 3.02. The molecule has 2 atom stereocenters. The molecule has 0 aromatic carbocycles. The van der Waals surface area contributed by atoms with Gasteiger partial charge in [0.05, 0.1) is 18.3 Å². The van der Waals surface area contributed by atoms with Crippen LogP contribution in [0.5, 0.6) is 0 Å². The van der Waals surface area contributed by atoms with Crippen LogP contribution in [0.4, 0.5) is 0 Å². The van der Waals surface area contributed by atoms with Crippen LogP contribution >= 0.6 is 0 Å². The second-order valence-electron chi connectivity index (χ2n) is 5.72. The van der Waals surface area contributed by atoms with Gasteiger partial charge in [-0.3, -0.25) is 0 Å². The quantitative estimate of drug-likeness (QED) is 0.910. The zero-order chi connectivity index (χ0) is 13.8. The summed E-state index contributed by atoms with van der Waals surface area (Å²) in [5, 5.41) is 3.69. The Morgan fingerprint density at radius 1 is 1.25 bits per heavy atom. The van der Waals surface area contributed by atoms with Gasteiger partial charge in [-0.25, -0.2) is 9.97 Å². The Kier molecular flexibility index (Phi) is 4.16. The molecule has 5 nitrogen and oxygen atoms in total. The van der Waals surface area contributed by atoms with Crippen molar-refractivity contribution in [3.63, 3.8) is 0 Å². The molecule has 3 rings (SSSR count). The van der Waals surface area contributed by atoms with Crippen molar-refractivity contribution in [2.24, 2.45) is 0 Å². The van der Waals surface area contributed by atoms with E-state index in [-0.39, 0.29) is 0 Å². The fourth-order valence-corrected chi connectivity index (χ4v) is 3.02. The van der Waals surface area contributed by atoms with Gasteiger partial charge in [-0.05, 0) is 32.6 Å². The van der Waals surface area contributed by atoms with Gasteiger partial charge in [-0.15, -0.1) is 0 Å². The maximum Gasteiger partial charge on any atom is 0.0948 e. The van der Waals surface area contributed by atoms with E-state index in [2.05, 4.69) is 31.3 Å². The number of piperidine rings is 1. The Morgan fingerprint density at radius 2 is 2.20 bits per heavy atom. The lowest BCUT2D eigenvalue weighted by Crippen LogP contribution is -2.35. The minimum atomic E-state index is 0.467. The molecule has 0 radical (unpaired) electrons. The van der Waals surface area contributed by atoms with Crippen LogP contribution in [-0.4, -0.2) is 25.1 Å². The molecule has 0 saturated carbocycles. The number of imidazole rings is 2. The lowest BCUT2D eigenvalue weighted by Gasteiger charge is -2.29. The first kappa shape index (κ1) is 13.4. The Hall–Kier alpha value is -1.62. The molecule has 1 N–H and O–H groups in total. The van der Waals surface area contributed by atoms with E-state index >= 15 is 0 Å². The molecule has 2 aromatic heterocycles. The first-order valence-electron chi connectivity index (χ1n) is 7.55. The van der Waals surface area contributed by atoms with Gasteiger partial charge in [0.2, 0.25) is 0 Å². The van der Waals surface area contributed by atoms with Gasteiger partial charge in [0.1, 0.15) is 0 Å². The largest absolute Gasteiger partial charge is 0.337 e. The van der Waals surface area contributed by atoms with Gasteiger partial charge in [0.15, 0.2) is 0 Å². The van der Waals surface area contributed by atoms with Crippen molar-refractivity contribution in [1.29, 1.82) is 0 Å². The number of hydrogen-bond donors (Lipinski definition) is 1. The highest BCUT2D eigenvalue weighted by molar-refractivity contribution is 5.07. The van der Waals surface area contributed by atoms with E-state index in [0.717, 1.165) is 19.5 Å². The number of nitrogens with one attached hydrogen (secondary N) is 1. The van der Waals surface area contributed by atoms with Crippen LogP contribution in [0.25, 0.3) is 0 Å². The molecule has 3 heterocycles. The van der Waals surface area contributed by atoms with E-state index in [1.54, 1.807) is 0 Å². The molecule has 20 heavy (non-hydrogen) atoms. The van der Waals surface area contributed by atoms with E-state index in [4.69, 9.17) is 0 Å². The van der Waals surface area contributed by atoms with Crippen LogP contribution < -0.4 is 5.32 Å². The molecule has 2 unspecified atom stereocenters. The van der Waals surface area contributed by atoms with Crippen molar-refractivity contribution in [3.8, 4) is 0 Å². The summed E-state index contributed by atoms with van der Waals surface area (Å²) in [6, 6.07) is 1.08. The van der Waals surface area contributed by atoms with Gasteiger partial charge in [-0.1, -0.05) is 0 Å². The third-order valence-electron chi connectivity index (χ3n) is 4.09. The maximum absolute atomic E-state index is 4.34. The van der Waals surface area contributed by atoms with E-state index in [9.17, 15) is 0 Å². The van der Waals surface area contributed by atoms with Crippen molar-refractivity contribution in [3.05, 3.63) is 36.9 Å². The zero-order valence-corrected chi connectivity index (χ0v) is 12.1. The number of rotatable bonds is 5. The molecule has 1 aliphatic rings. The molecule has 0 amide bonds. The highest BCUT2D eigenvalue weighted by Crippen LogP contribution is 2.25. The Balaban J connectivity index is 1.58. The Bertz CT molecular complexity index is 516. The molecule has 2 aromatic rings. The van der Waals surface area contributed by atoms with Crippen molar-refractivity contribution < 1.29 is 0 Å². The smallest absolute Gasteiger partial charge is 0.0948 e. The van der Waals surface area contributed by atoms with Crippen LogP contribution in [-0.2, 0) is 13.1 Å². The first-order valence-corrected chi connectivity index (χ1v) is 7.55. The summed E-state index contributed by atoms with van der Waals surface area (Å²) >= 11 is 0. The van der Waals surface area contributed by atoms with Crippen LogP contribution in [0.2, 0.25) is 0 Å². The van der Waals surface area contributed by atoms with E-state index < -0.39 is 0 Å². The molecule has 0 aliphatic carbocycles. The molecule has 5 heteroatoms. The summed E-state index contributed by atoms with van der Waals surface area (Å²) in [5.41, 5.74) is 1.34. The molecule has 108 valence electrons. The van der Waals surface area contributed by atoms with Crippen LogP contribution in [0.3, 0.4) is 0 Å². The average molecular weight is 273 g/mol. The third kappa shape index (κ3) is 3.10. The third-order valence-corrected chi connectivity index (χ3v) is 4.09. The van der Waals surface area contributed by atoms with Crippen LogP contribution in [0.1, 0.15) is 44.3 Å². The predicted molar refractivity (Wildman–Crippen MR) is 78.3 cm³/mol. The highest BCUT2D eigenvalue weighted by atomic mass is 15.1. The minimum Gasteiger partial charge on any atom is -0.337 e. The van der Waals surface area contributed by atoms with Crippen LogP contribution in [0.15, 0.2) is 31.2 Å². The van der Waals surface area contributed by atoms with E-state index in [0.29, 0.717) is 12.1 Å². The second-order valence-corrected chi connectivity index (χ2v) is 5.72. The minimum absolute atomic E-state index is 0.467. The fraction of sp³-hybridized carbons (Fsp3) is 0.600. The van der Waals surface area contributed by atoms with Crippen molar-refractivity contribution >= 4 is 0 Å². The Morgan fingerprint density at radius 3 is 3.00 bits per heavy atom. The van der Waals surface area contributed by atoms with Gasteiger partial charge >= 0.3 is 0 Å². The maximum atomic E-state index is 4.34. The SMILES string of the molecule is CC1CCCC(c2cncn2CCCn2ccnc2)N1. The second kappa shape index (κ2) is 6.22. The summed E-state index contributed by atoms with van der Waals surface area (Å²) in [6.07, 6.45) is 14.6. The van der Waals surface area contributed by atoms with Gasteiger partial charge < -0.3 is 14.5 Å². The van der Waals surface area contributed by atoms with Gasteiger partial charge in [0.25, 0.3) is 0 Å². The number of nitrogens with zero attached hydrogens (tertiary/aromatic N) is 4. The van der Waals surface area contributed by atoms with Crippen LogP contribution in [0, 0.1) is 0 Å². The molecule has 1 fully saturated rings. The molecule has 1 aliphatic heterocycles. The Labute approximate surface area is 120 Å². The number of hydrogen-bond acceptors (Lipinski definition) is 3. The first-order chi connectivity index (χ1) is 9.83. The molecule has 0 bridgehead atoms. The normalized spacial score (nSPS) is 23.1. The average Bonchev–Trinajstić information content (AvgIpc) is 3.10. The summed E-state index contributed by atoms with van der Waals surface area (Å²) in [5.74, 6) is 0. The zero-order valence-electron chi connectivity index (χ0n) is 12.1. The van der Waals surface area contributed by atoms with Crippen molar-refractivity contribution in [2.75, 3.05) is 0 Å². The summed E-state index contributed by atoms with van der Waals surface area (Å²) < 4.78 is 4.42. The summed E-state index contributed by atoms with van der Waals surface area (Å²) in [4.78, 5) is 8.41. The predicted octanol–water partition coefficient (Wildman–Crippen LogP) is 2.37. The standard InChI is InChI=1S/C15H23N5/c1-13-4-2-5-14(18-13)15-10-17-12-20(15)8-3-7-19-9-6-16-11-19/h6,9-14,18H,2-5,7-8H2,1H3. The van der Waals surface area contributed by atoms with E-state index in [1.165, 1.54) is 25.0 Å². The van der Waals surface area contributed by atoms with E-state index in [1.807, 2.05) is 31.2 Å². The van der Waals surface area contributed by atoms with Gasteiger partial charge in [-0.2, -0.15) is 0 Å². The lowest BCUT2D eigenvalue weighted by atomic mass is 9.97. The molecular formula is C15H23N5. The number of aryl methyl sites for hydroxylation is 2. The summed E-state index contributed by atoms with van der Waals surface area (Å²) in [7, 11) is 0. The molecule has 1 saturated heterocycles. The molecule has 0 spiro atoms. The number of aromatic nitrogens is 4. The monoisotopic (exact) mass is 273 g/mol. The highest BCUT2D eigenvalue weighted by Gasteiger charge is 2.21. The summed E-state index contributed by atoms with van der Waals surface area (Å²) in [6.45, 7) is 4.29. The van der Waals surface area contributed by atoms with Crippen molar-refractivity contribution in [1.82, 2.24) is 24.4 Å². The molecular weight excluding hydrogens is 250 g/mol. The van der Waals surface area contributed by atoms with Gasteiger partial charge in [0, 0.05) is 43.8 Å². The topological polar surface area (TPSA) is 47.7 Å².